The predicted molar refractivity (Wildman–Crippen MR) is 57.5 cm³/mol. The third-order valence-corrected chi connectivity index (χ3v) is 2.90. The van der Waals surface area contributed by atoms with E-state index in [1.165, 1.54) is 5.56 Å². The average molecular weight is 212 g/mol. The molecule has 0 bridgehead atoms. The Hall–Kier alpha value is -0.570. The zero-order chi connectivity index (χ0) is 10.1. The molecular weight excluding hydrogens is 198 g/mol. The number of benzene rings is 1. The van der Waals surface area contributed by atoms with E-state index >= 15 is 0 Å². The summed E-state index contributed by atoms with van der Waals surface area (Å²) in [7, 11) is 0. The van der Waals surface area contributed by atoms with Gasteiger partial charge in [-0.25, -0.2) is 0 Å². The van der Waals surface area contributed by atoms with Gasteiger partial charge in [-0.15, -0.1) is 0 Å². The van der Waals surface area contributed by atoms with Gasteiger partial charge in [0.2, 0.25) is 0 Å². The minimum atomic E-state index is -0.0487. The molecule has 0 fully saturated rings. The van der Waals surface area contributed by atoms with E-state index in [4.69, 9.17) is 22.1 Å². The van der Waals surface area contributed by atoms with E-state index < -0.39 is 0 Å². The SMILES string of the molecule is C[C@@H](N)[C@@H]1OCCc2cccc(Cl)c21. The van der Waals surface area contributed by atoms with Crippen LogP contribution < -0.4 is 5.73 Å². The molecule has 2 nitrogen and oxygen atoms in total. The van der Waals surface area contributed by atoms with Crippen LogP contribution in [0.1, 0.15) is 24.2 Å². The predicted octanol–water partition coefficient (Wildman–Crippen LogP) is 2.30. The maximum absolute atomic E-state index is 6.15. The molecule has 1 aromatic carbocycles. The smallest absolute Gasteiger partial charge is 0.0990 e. The Bertz CT molecular complexity index is 338. The van der Waals surface area contributed by atoms with E-state index in [9.17, 15) is 0 Å². The number of ether oxygens (including phenoxy) is 1. The molecule has 0 spiro atoms. The van der Waals surface area contributed by atoms with E-state index in [0.717, 1.165) is 23.6 Å². The molecule has 0 aromatic heterocycles. The van der Waals surface area contributed by atoms with Crippen molar-refractivity contribution in [2.75, 3.05) is 6.61 Å². The lowest BCUT2D eigenvalue weighted by molar-refractivity contribution is 0.0285. The van der Waals surface area contributed by atoms with Crippen molar-refractivity contribution in [3.8, 4) is 0 Å². The summed E-state index contributed by atoms with van der Waals surface area (Å²) >= 11 is 6.15. The first-order chi connectivity index (χ1) is 6.70. The first kappa shape index (κ1) is 9.97. The van der Waals surface area contributed by atoms with Gasteiger partial charge >= 0.3 is 0 Å². The molecule has 0 radical (unpaired) electrons. The molecule has 2 atom stereocenters. The van der Waals surface area contributed by atoms with Crippen LogP contribution in [-0.4, -0.2) is 12.6 Å². The Labute approximate surface area is 89.0 Å². The summed E-state index contributed by atoms with van der Waals surface area (Å²) in [4.78, 5) is 0. The monoisotopic (exact) mass is 211 g/mol. The highest BCUT2D eigenvalue weighted by Gasteiger charge is 2.25. The number of hydrogen-bond donors (Lipinski definition) is 1. The summed E-state index contributed by atoms with van der Waals surface area (Å²) in [5.41, 5.74) is 8.22. The summed E-state index contributed by atoms with van der Waals surface area (Å²) in [5.74, 6) is 0. The molecule has 1 aliphatic heterocycles. The van der Waals surface area contributed by atoms with Crippen molar-refractivity contribution in [2.45, 2.75) is 25.5 Å². The molecule has 1 heterocycles. The van der Waals surface area contributed by atoms with Gasteiger partial charge in [-0.2, -0.15) is 0 Å². The Kier molecular flexibility index (Phi) is 2.77. The summed E-state index contributed by atoms with van der Waals surface area (Å²) in [6.07, 6.45) is 0.881. The second kappa shape index (κ2) is 3.89. The van der Waals surface area contributed by atoms with Crippen LogP contribution in [-0.2, 0) is 11.2 Å². The minimum absolute atomic E-state index is 0.0195. The number of rotatable bonds is 1. The topological polar surface area (TPSA) is 35.2 Å². The molecule has 0 unspecified atom stereocenters. The molecular formula is C11H14ClNO. The zero-order valence-corrected chi connectivity index (χ0v) is 8.92. The molecule has 0 saturated carbocycles. The van der Waals surface area contributed by atoms with Gasteiger partial charge < -0.3 is 10.5 Å². The largest absolute Gasteiger partial charge is 0.372 e. The van der Waals surface area contributed by atoms with Gasteiger partial charge in [-0.3, -0.25) is 0 Å². The second-order valence-electron chi connectivity index (χ2n) is 3.71. The van der Waals surface area contributed by atoms with Crippen LogP contribution in [0.25, 0.3) is 0 Å². The van der Waals surface area contributed by atoms with Crippen LogP contribution in [0.3, 0.4) is 0 Å². The Morgan fingerprint density at radius 1 is 1.57 bits per heavy atom. The Balaban J connectivity index is 2.47. The average Bonchev–Trinajstić information content (AvgIpc) is 2.17. The van der Waals surface area contributed by atoms with Crippen molar-refractivity contribution in [3.05, 3.63) is 34.3 Å². The Morgan fingerprint density at radius 2 is 2.36 bits per heavy atom. The third kappa shape index (κ3) is 1.65. The highest BCUT2D eigenvalue weighted by Crippen LogP contribution is 2.34. The van der Waals surface area contributed by atoms with Gasteiger partial charge in [0.1, 0.15) is 0 Å². The van der Waals surface area contributed by atoms with E-state index in [0.29, 0.717) is 0 Å². The van der Waals surface area contributed by atoms with E-state index in [-0.39, 0.29) is 12.1 Å². The number of fused-ring (bicyclic) bond motifs is 1. The molecule has 1 aliphatic rings. The highest BCUT2D eigenvalue weighted by atomic mass is 35.5. The van der Waals surface area contributed by atoms with Crippen molar-refractivity contribution >= 4 is 11.6 Å². The fourth-order valence-corrected chi connectivity index (χ4v) is 2.21. The molecule has 3 heteroatoms. The van der Waals surface area contributed by atoms with Gasteiger partial charge in [0.25, 0.3) is 0 Å². The van der Waals surface area contributed by atoms with E-state index in [1.54, 1.807) is 0 Å². The summed E-state index contributed by atoms with van der Waals surface area (Å²) in [5, 5.41) is 0.768. The van der Waals surface area contributed by atoms with Crippen molar-refractivity contribution in [3.63, 3.8) is 0 Å². The first-order valence-corrected chi connectivity index (χ1v) is 5.22. The minimum Gasteiger partial charge on any atom is -0.372 e. The molecule has 14 heavy (non-hydrogen) atoms. The fraction of sp³-hybridized carbons (Fsp3) is 0.455. The van der Waals surface area contributed by atoms with Gasteiger partial charge in [-0.05, 0) is 25.0 Å². The van der Waals surface area contributed by atoms with Gasteiger partial charge in [-0.1, -0.05) is 23.7 Å². The molecule has 0 saturated heterocycles. The summed E-state index contributed by atoms with van der Waals surface area (Å²) in [6, 6.07) is 5.95. The van der Waals surface area contributed by atoms with Gasteiger partial charge in [0.15, 0.2) is 0 Å². The number of hydrogen-bond acceptors (Lipinski definition) is 2. The maximum Gasteiger partial charge on any atom is 0.0990 e. The molecule has 1 aromatic rings. The molecule has 76 valence electrons. The van der Waals surface area contributed by atoms with Crippen molar-refractivity contribution in [1.82, 2.24) is 0 Å². The first-order valence-electron chi connectivity index (χ1n) is 4.84. The van der Waals surface area contributed by atoms with Crippen LogP contribution in [0.15, 0.2) is 18.2 Å². The standard InChI is InChI=1S/C11H14ClNO/c1-7(13)11-10-8(5-6-14-11)3-2-4-9(10)12/h2-4,7,11H,5-6,13H2,1H3/t7-,11+/m1/s1. The third-order valence-electron chi connectivity index (χ3n) is 2.57. The number of nitrogens with two attached hydrogens (primary N) is 1. The van der Waals surface area contributed by atoms with Crippen LogP contribution >= 0.6 is 11.6 Å². The quantitative estimate of drug-likeness (QED) is 0.774. The van der Waals surface area contributed by atoms with E-state index in [2.05, 4.69) is 6.07 Å². The summed E-state index contributed by atoms with van der Waals surface area (Å²) in [6.45, 7) is 2.68. The van der Waals surface area contributed by atoms with Crippen molar-refractivity contribution in [1.29, 1.82) is 0 Å². The zero-order valence-electron chi connectivity index (χ0n) is 8.16. The molecule has 0 aliphatic carbocycles. The maximum atomic E-state index is 6.15. The van der Waals surface area contributed by atoms with Crippen LogP contribution in [0.4, 0.5) is 0 Å². The lowest BCUT2D eigenvalue weighted by Gasteiger charge is -2.29. The lowest BCUT2D eigenvalue weighted by atomic mass is 9.94. The summed E-state index contributed by atoms with van der Waals surface area (Å²) < 4.78 is 5.64. The number of halogens is 1. The lowest BCUT2D eigenvalue weighted by Crippen LogP contribution is -2.31. The Morgan fingerprint density at radius 3 is 3.07 bits per heavy atom. The highest BCUT2D eigenvalue weighted by molar-refractivity contribution is 6.31. The van der Waals surface area contributed by atoms with Crippen LogP contribution in [0.5, 0.6) is 0 Å². The van der Waals surface area contributed by atoms with Crippen molar-refractivity contribution < 1.29 is 4.74 Å². The van der Waals surface area contributed by atoms with Crippen LogP contribution in [0, 0.1) is 0 Å². The fourth-order valence-electron chi connectivity index (χ4n) is 1.91. The molecule has 2 N–H and O–H groups in total. The normalized spacial score (nSPS) is 22.9. The van der Waals surface area contributed by atoms with Crippen molar-refractivity contribution in [2.24, 2.45) is 5.73 Å². The second-order valence-corrected chi connectivity index (χ2v) is 4.12. The van der Waals surface area contributed by atoms with E-state index in [1.807, 2.05) is 19.1 Å². The van der Waals surface area contributed by atoms with Crippen LogP contribution in [0.2, 0.25) is 5.02 Å². The molecule has 0 amide bonds. The van der Waals surface area contributed by atoms with Gasteiger partial charge in [0.05, 0.1) is 12.7 Å². The molecule has 2 rings (SSSR count). The van der Waals surface area contributed by atoms with Gasteiger partial charge in [0, 0.05) is 16.6 Å².